The molecular weight excluding hydrogens is 332 g/mol. The quantitative estimate of drug-likeness (QED) is 0.678. The third kappa shape index (κ3) is 3.98. The molecule has 0 unspecified atom stereocenters. The number of hydrogen-bond acceptors (Lipinski definition) is 6. The second-order valence-electron chi connectivity index (χ2n) is 5.27. The maximum Gasteiger partial charge on any atom is 0.170 e. The van der Waals surface area contributed by atoms with Gasteiger partial charge in [-0.25, -0.2) is 8.42 Å². The van der Waals surface area contributed by atoms with Crippen molar-refractivity contribution in [1.82, 2.24) is 0 Å². The highest BCUT2D eigenvalue weighted by Crippen LogP contribution is 2.37. The molecule has 0 N–H and O–H groups in total. The zero-order valence-electron chi connectivity index (χ0n) is 14.2. The van der Waals surface area contributed by atoms with Crippen molar-refractivity contribution >= 4 is 20.6 Å². The van der Waals surface area contributed by atoms with Crippen LogP contribution in [-0.4, -0.2) is 48.9 Å². The second-order valence-corrected chi connectivity index (χ2v) is 7.38. The van der Waals surface area contributed by atoms with E-state index in [1.165, 1.54) is 21.3 Å². The zero-order chi connectivity index (χ0) is 17.7. The van der Waals surface area contributed by atoms with Gasteiger partial charge in [0, 0.05) is 30.6 Å². The normalized spacial score (nSPS) is 11.9. The predicted molar refractivity (Wildman–Crippen MR) is 92.3 cm³/mol. The van der Waals surface area contributed by atoms with E-state index in [1.54, 1.807) is 13.2 Å². The van der Waals surface area contributed by atoms with Crippen LogP contribution in [0.15, 0.2) is 30.3 Å². The average molecular weight is 354 g/mol. The van der Waals surface area contributed by atoms with Crippen LogP contribution in [0.4, 0.5) is 0 Å². The van der Waals surface area contributed by atoms with Crippen molar-refractivity contribution in [2.24, 2.45) is 0 Å². The van der Waals surface area contributed by atoms with Crippen LogP contribution in [0.25, 0.3) is 10.8 Å². The third-order valence-electron chi connectivity index (χ3n) is 3.75. The summed E-state index contributed by atoms with van der Waals surface area (Å²) in [6, 6.07) is 9.24. The van der Waals surface area contributed by atoms with Crippen LogP contribution in [0.1, 0.15) is 5.56 Å². The summed E-state index contributed by atoms with van der Waals surface area (Å²) in [5.41, 5.74) is 0.541. The molecule has 0 heterocycles. The molecule has 7 heteroatoms. The molecule has 0 fully saturated rings. The first-order valence-electron chi connectivity index (χ1n) is 7.34. The van der Waals surface area contributed by atoms with E-state index >= 15 is 0 Å². The van der Waals surface area contributed by atoms with Crippen LogP contribution in [-0.2, 0) is 25.1 Å². The Bertz CT molecular complexity index is 796. The number of hydrogen-bond donors (Lipinski definition) is 0. The van der Waals surface area contributed by atoms with E-state index in [9.17, 15) is 8.42 Å². The van der Waals surface area contributed by atoms with Crippen molar-refractivity contribution in [3.8, 4) is 11.5 Å². The number of fused-ring (bicyclic) bond motifs is 1. The van der Waals surface area contributed by atoms with Gasteiger partial charge in [-0.1, -0.05) is 24.3 Å². The Balaban J connectivity index is 2.48. The van der Waals surface area contributed by atoms with Gasteiger partial charge in [-0.15, -0.1) is 0 Å². The Morgan fingerprint density at radius 2 is 1.58 bits per heavy atom. The molecule has 0 spiro atoms. The average Bonchev–Trinajstić information content (AvgIpc) is 2.58. The highest BCUT2D eigenvalue weighted by atomic mass is 32.2. The Labute approximate surface area is 142 Å². The Kier molecular flexibility index (Phi) is 6.04. The lowest BCUT2D eigenvalue weighted by Crippen LogP contribution is -2.25. The van der Waals surface area contributed by atoms with Gasteiger partial charge in [-0.3, -0.25) is 0 Å². The lowest BCUT2D eigenvalue weighted by Gasteiger charge is -2.17. The lowest BCUT2D eigenvalue weighted by molar-refractivity contribution is -0.0852. The van der Waals surface area contributed by atoms with Crippen molar-refractivity contribution < 1.29 is 27.4 Å². The van der Waals surface area contributed by atoms with E-state index in [0.717, 1.165) is 10.8 Å². The van der Waals surface area contributed by atoms with Gasteiger partial charge in [-0.2, -0.15) is 0 Å². The summed E-state index contributed by atoms with van der Waals surface area (Å²) in [6.07, 6.45) is -0.802. The molecule has 132 valence electrons. The van der Waals surface area contributed by atoms with Gasteiger partial charge in [0.25, 0.3) is 0 Å². The van der Waals surface area contributed by atoms with E-state index in [0.29, 0.717) is 17.1 Å². The van der Waals surface area contributed by atoms with Gasteiger partial charge in [0.15, 0.2) is 16.1 Å². The molecular formula is C17H22O6S. The van der Waals surface area contributed by atoms with E-state index in [2.05, 4.69) is 0 Å². The maximum atomic E-state index is 12.5. The summed E-state index contributed by atoms with van der Waals surface area (Å²) >= 11 is 0. The molecule has 0 aromatic heterocycles. The number of benzene rings is 2. The topological polar surface area (TPSA) is 71.1 Å². The fraction of sp³-hybridized carbons (Fsp3) is 0.412. The Morgan fingerprint density at radius 1 is 0.958 bits per heavy atom. The first kappa shape index (κ1) is 18.5. The van der Waals surface area contributed by atoms with Crippen LogP contribution in [0.2, 0.25) is 0 Å². The Hall–Kier alpha value is -1.83. The second kappa shape index (κ2) is 7.83. The molecule has 0 saturated heterocycles. The monoisotopic (exact) mass is 354 g/mol. The van der Waals surface area contributed by atoms with Crippen LogP contribution in [0.3, 0.4) is 0 Å². The number of methoxy groups -OCH3 is 4. The number of sulfone groups is 1. The van der Waals surface area contributed by atoms with Crippen LogP contribution in [0, 0.1) is 0 Å². The minimum absolute atomic E-state index is 0.194. The molecule has 0 aliphatic carbocycles. The summed E-state index contributed by atoms with van der Waals surface area (Å²) in [4.78, 5) is 0. The smallest absolute Gasteiger partial charge is 0.170 e. The van der Waals surface area contributed by atoms with Gasteiger partial charge in [0.2, 0.25) is 0 Å². The number of rotatable bonds is 8. The van der Waals surface area contributed by atoms with Crippen molar-refractivity contribution in [2.45, 2.75) is 12.0 Å². The van der Waals surface area contributed by atoms with Gasteiger partial charge in [0.05, 0.1) is 20.0 Å². The SMILES string of the molecule is COc1cc(CS(=O)(=O)CC(OC)OC)c(OC)c2ccccc12. The summed E-state index contributed by atoms with van der Waals surface area (Å²) in [6.45, 7) is 0. The van der Waals surface area contributed by atoms with Gasteiger partial charge in [0.1, 0.15) is 17.3 Å². The lowest BCUT2D eigenvalue weighted by atomic mass is 10.0. The van der Waals surface area contributed by atoms with E-state index in [-0.39, 0.29) is 11.5 Å². The fourth-order valence-corrected chi connectivity index (χ4v) is 4.12. The van der Waals surface area contributed by atoms with Crippen LogP contribution < -0.4 is 9.47 Å². The van der Waals surface area contributed by atoms with E-state index < -0.39 is 16.1 Å². The predicted octanol–water partition coefficient (Wildman–Crippen LogP) is 2.39. The van der Waals surface area contributed by atoms with Crippen molar-refractivity contribution in [1.29, 1.82) is 0 Å². The van der Waals surface area contributed by atoms with Gasteiger partial charge in [-0.05, 0) is 6.07 Å². The summed E-state index contributed by atoms with van der Waals surface area (Å²) in [5.74, 6) is 0.701. The minimum atomic E-state index is -3.47. The third-order valence-corrected chi connectivity index (χ3v) is 5.28. The number of ether oxygens (including phenoxy) is 4. The van der Waals surface area contributed by atoms with Crippen LogP contribution >= 0.6 is 0 Å². The molecule has 0 aliphatic heterocycles. The van der Waals surface area contributed by atoms with Gasteiger partial charge < -0.3 is 18.9 Å². The minimum Gasteiger partial charge on any atom is -0.496 e. The molecule has 0 aliphatic rings. The van der Waals surface area contributed by atoms with Gasteiger partial charge >= 0.3 is 0 Å². The molecule has 6 nitrogen and oxygen atoms in total. The first-order valence-corrected chi connectivity index (χ1v) is 9.16. The van der Waals surface area contributed by atoms with Crippen LogP contribution in [0.5, 0.6) is 11.5 Å². The highest BCUT2D eigenvalue weighted by Gasteiger charge is 2.23. The molecule has 0 atom stereocenters. The molecule has 0 amide bonds. The van der Waals surface area contributed by atoms with Crippen molar-refractivity contribution in [3.63, 3.8) is 0 Å². The van der Waals surface area contributed by atoms with Crippen molar-refractivity contribution in [3.05, 3.63) is 35.9 Å². The maximum absolute atomic E-state index is 12.5. The summed E-state index contributed by atoms with van der Waals surface area (Å²) in [7, 11) is 2.42. The highest BCUT2D eigenvalue weighted by molar-refractivity contribution is 7.90. The van der Waals surface area contributed by atoms with Crippen molar-refractivity contribution in [2.75, 3.05) is 34.2 Å². The molecule has 2 rings (SSSR count). The zero-order valence-corrected chi connectivity index (χ0v) is 15.1. The molecule has 2 aromatic carbocycles. The fourth-order valence-electron chi connectivity index (χ4n) is 2.62. The summed E-state index contributed by atoms with van der Waals surface area (Å²) in [5, 5.41) is 1.67. The molecule has 0 radical (unpaired) electrons. The molecule has 0 bridgehead atoms. The molecule has 2 aromatic rings. The van der Waals surface area contributed by atoms with E-state index in [4.69, 9.17) is 18.9 Å². The Morgan fingerprint density at radius 3 is 2.12 bits per heavy atom. The summed E-state index contributed by atoms with van der Waals surface area (Å²) < 4.78 is 45.8. The largest absolute Gasteiger partial charge is 0.496 e. The molecule has 24 heavy (non-hydrogen) atoms. The standard InChI is InChI=1S/C17H22O6S/c1-20-15-9-12(10-24(18,19)11-16(21-2)22-3)17(23-4)14-8-6-5-7-13(14)15/h5-9,16H,10-11H2,1-4H3. The molecule has 0 saturated carbocycles. The van der Waals surface area contributed by atoms with E-state index in [1.807, 2.05) is 24.3 Å². The first-order chi connectivity index (χ1) is 11.5.